The van der Waals surface area contributed by atoms with Crippen LogP contribution in [0, 0.1) is 6.92 Å². The monoisotopic (exact) mass is 195 g/mol. The average Bonchev–Trinajstić information content (AvgIpc) is 2.19. The minimum absolute atomic E-state index is 0.286. The molecule has 0 heterocycles. The summed E-state index contributed by atoms with van der Waals surface area (Å²) in [5, 5.41) is 0. The number of hydrogen-bond donors (Lipinski definition) is 1. The van der Waals surface area contributed by atoms with Gasteiger partial charge in [-0.05, 0) is 24.6 Å². The van der Waals surface area contributed by atoms with Gasteiger partial charge in [-0.25, -0.2) is 5.48 Å². The zero-order valence-corrected chi connectivity index (χ0v) is 8.46. The van der Waals surface area contributed by atoms with Crippen molar-refractivity contribution in [3.63, 3.8) is 0 Å². The molecule has 0 aliphatic rings. The van der Waals surface area contributed by atoms with E-state index in [2.05, 4.69) is 10.3 Å². The molecule has 76 valence electrons. The summed E-state index contributed by atoms with van der Waals surface area (Å²) in [5.41, 5.74) is 3.73. The van der Waals surface area contributed by atoms with Crippen LogP contribution >= 0.6 is 0 Å². The van der Waals surface area contributed by atoms with E-state index in [9.17, 15) is 4.79 Å². The summed E-state index contributed by atoms with van der Waals surface area (Å²) in [4.78, 5) is 15.9. The first-order valence-corrected chi connectivity index (χ1v) is 4.17. The topological polar surface area (TPSA) is 47.6 Å². The molecule has 1 amide bonds. The second kappa shape index (κ2) is 4.62. The van der Waals surface area contributed by atoms with Gasteiger partial charge >= 0.3 is 0 Å². The van der Waals surface area contributed by atoms with Gasteiger partial charge < -0.3 is 4.74 Å². The second-order valence-electron chi connectivity index (χ2n) is 2.82. The molecule has 0 aromatic heterocycles. The lowest BCUT2D eigenvalue weighted by Gasteiger charge is -2.07. The van der Waals surface area contributed by atoms with Crippen LogP contribution in [0.2, 0.25) is 0 Å². The SMILES string of the molecule is CONC(=O)c1ccc(C)c(OC)c1. The molecule has 0 atom stereocenters. The Hall–Kier alpha value is -1.55. The highest BCUT2D eigenvalue weighted by molar-refractivity contribution is 5.93. The second-order valence-corrected chi connectivity index (χ2v) is 2.82. The molecule has 0 aliphatic heterocycles. The zero-order chi connectivity index (χ0) is 10.6. The third-order valence-electron chi connectivity index (χ3n) is 1.87. The van der Waals surface area contributed by atoms with Gasteiger partial charge in [0.15, 0.2) is 0 Å². The Morgan fingerprint density at radius 1 is 1.36 bits per heavy atom. The molecular formula is C10H13NO3. The molecule has 0 bridgehead atoms. The van der Waals surface area contributed by atoms with Crippen LogP contribution in [0.3, 0.4) is 0 Å². The van der Waals surface area contributed by atoms with Gasteiger partial charge in [0.2, 0.25) is 0 Å². The summed E-state index contributed by atoms with van der Waals surface area (Å²) in [7, 11) is 2.96. The summed E-state index contributed by atoms with van der Waals surface area (Å²) in [5.74, 6) is 0.402. The van der Waals surface area contributed by atoms with E-state index in [-0.39, 0.29) is 5.91 Å². The van der Waals surface area contributed by atoms with E-state index in [4.69, 9.17) is 4.74 Å². The Morgan fingerprint density at radius 3 is 2.64 bits per heavy atom. The van der Waals surface area contributed by atoms with Crippen LogP contribution < -0.4 is 10.2 Å². The van der Waals surface area contributed by atoms with Crippen molar-refractivity contribution in [3.05, 3.63) is 29.3 Å². The lowest BCUT2D eigenvalue weighted by molar-refractivity contribution is 0.0537. The largest absolute Gasteiger partial charge is 0.496 e. The number of aryl methyl sites for hydroxylation is 1. The Bertz CT molecular complexity index is 336. The normalized spacial score (nSPS) is 9.64. The minimum atomic E-state index is -0.286. The van der Waals surface area contributed by atoms with Crippen LogP contribution in [-0.4, -0.2) is 20.1 Å². The van der Waals surface area contributed by atoms with Gasteiger partial charge in [0.05, 0.1) is 14.2 Å². The highest BCUT2D eigenvalue weighted by Crippen LogP contribution is 2.18. The van der Waals surface area contributed by atoms with Crippen molar-refractivity contribution in [1.82, 2.24) is 5.48 Å². The van der Waals surface area contributed by atoms with E-state index in [1.807, 2.05) is 13.0 Å². The van der Waals surface area contributed by atoms with Crippen LogP contribution in [-0.2, 0) is 4.84 Å². The molecule has 1 rings (SSSR count). The van der Waals surface area contributed by atoms with Crippen LogP contribution in [0.4, 0.5) is 0 Å². The van der Waals surface area contributed by atoms with E-state index in [0.717, 1.165) is 5.56 Å². The highest BCUT2D eigenvalue weighted by Gasteiger charge is 2.07. The van der Waals surface area contributed by atoms with Crippen LogP contribution in [0.5, 0.6) is 5.75 Å². The number of methoxy groups -OCH3 is 1. The van der Waals surface area contributed by atoms with Crippen molar-refractivity contribution in [2.45, 2.75) is 6.92 Å². The summed E-state index contributed by atoms with van der Waals surface area (Å²) >= 11 is 0. The van der Waals surface area contributed by atoms with Gasteiger partial charge in [0, 0.05) is 5.56 Å². The molecular weight excluding hydrogens is 182 g/mol. The zero-order valence-electron chi connectivity index (χ0n) is 8.46. The van der Waals surface area contributed by atoms with E-state index >= 15 is 0 Å². The molecule has 1 aromatic rings. The number of hydroxylamine groups is 1. The predicted molar refractivity (Wildman–Crippen MR) is 52.2 cm³/mol. The molecule has 0 spiro atoms. The van der Waals surface area contributed by atoms with E-state index in [0.29, 0.717) is 11.3 Å². The molecule has 0 radical (unpaired) electrons. The molecule has 4 nitrogen and oxygen atoms in total. The molecule has 0 saturated heterocycles. The molecule has 0 aliphatic carbocycles. The highest BCUT2D eigenvalue weighted by atomic mass is 16.6. The van der Waals surface area contributed by atoms with E-state index in [1.54, 1.807) is 19.2 Å². The number of ether oxygens (including phenoxy) is 1. The number of rotatable bonds is 3. The molecule has 4 heteroatoms. The number of nitrogens with one attached hydrogen (secondary N) is 1. The standard InChI is InChI=1S/C10H13NO3/c1-7-4-5-8(6-9(7)13-2)10(12)11-14-3/h4-6H,1-3H3,(H,11,12). The van der Waals surface area contributed by atoms with Crippen molar-refractivity contribution in [1.29, 1.82) is 0 Å². The van der Waals surface area contributed by atoms with Crippen LogP contribution in [0.15, 0.2) is 18.2 Å². The Kier molecular flexibility index (Phi) is 3.48. The maximum absolute atomic E-state index is 11.3. The van der Waals surface area contributed by atoms with Gasteiger partial charge in [-0.1, -0.05) is 6.07 Å². The lowest BCUT2D eigenvalue weighted by atomic mass is 10.1. The molecule has 1 N–H and O–H groups in total. The Labute approximate surface area is 82.8 Å². The third kappa shape index (κ3) is 2.23. The maximum Gasteiger partial charge on any atom is 0.274 e. The van der Waals surface area contributed by atoms with Crippen molar-refractivity contribution >= 4 is 5.91 Å². The van der Waals surface area contributed by atoms with Gasteiger partial charge in [-0.3, -0.25) is 9.63 Å². The summed E-state index contributed by atoms with van der Waals surface area (Å²) < 4.78 is 5.09. The number of benzene rings is 1. The number of amides is 1. The van der Waals surface area contributed by atoms with Crippen molar-refractivity contribution in [3.8, 4) is 5.75 Å². The number of carbonyl (C=O) groups excluding carboxylic acids is 1. The first-order valence-electron chi connectivity index (χ1n) is 4.17. The first-order chi connectivity index (χ1) is 6.69. The molecule has 14 heavy (non-hydrogen) atoms. The maximum atomic E-state index is 11.3. The summed E-state index contributed by atoms with van der Waals surface area (Å²) in [6.07, 6.45) is 0. The molecule has 1 aromatic carbocycles. The summed E-state index contributed by atoms with van der Waals surface area (Å²) in [6, 6.07) is 5.21. The van der Waals surface area contributed by atoms with Crippen molar-refractivity contribution in [2.24, 2.45) is 0 Å². The smallest absolute Gasteiger partial charge is 0.274 e. The van der Waals surface area contributed by atoms with Crippen LogP contribution in [0.25, 0.3) is 0 Å². The quantitative estimate of drug-likeness (QED) is 0.739. The van der Waals surface area contributed by atoms with Gasteiger partial charge in [-0.15, -0.1) is 0 Å². The number of carbonyl (C=O) groups is 1. The Balaban J connectivity index is 2.94. The van der Waals surface area contributed by atoms with Gasteiger partial charge in [0.1, 0.15) is 5.75 Å². The fourth-order valence-corrected chi connectivity index (χ4v) is 1.11. The lowest BCUT2D eigenvalue weighted by Crippen LogP contribution is -2.21. The predicted octanol–water partition coefficient (Wildman–Crippen LogP) is 1.29. The van der Waals surface area contributed by atoms with Crippen LogP contribution in [0.1, 0.15) is 15.9 Å². The molecule has 0 fully saturated rings. The third-order valence-corrected chi connectivity index (χ3v) is 1.87. The fraction of sp³-hybridized carbons (Fsp3) is 0.300. The fourth-order valence-electron chi connectivity index (χ4n) is 1.11. The van der Waals surface area contributed by atoms with Crippen molar-refractivity contribution in [2.75, 3.05) is 14.2 Å². The summed E-state index contributed by atoms with van der Waals surface area (Å²) in [6.45, 7) is 1.91. The van der Waals surface area contributed by atoms with E-state index in [1.165, 1.54) is 7.11 Å². The van der Waals surface area contributed by atoms with Gasteiger partial charge in [0.25, 0.3) is 5.91 Å². The van der Waals surface area contributed by atoms with E-state index < -0.39 is 0 Å². The van der Waals surface area contributed by atoms with Gasteiger partial charge in [-0.2, -0.15) is 0 Å². The number of hydrogen-bond acceptors (Lipinski definition) is 3. The minimum Gasteiger partial charge on any atom is -0.496 e. The molecule has 0 unspecified atom stereocenters. The first kappa shape index (κ1) is 10.5. The Morgan fingerprint density at radius 2 is 2.07 bits per heavy atom. The average molecular weight is 195 g/mol. The van der Waals surface area contributed by atoms with Crippen molar-refractivity contribution < 1.29 is 14.4 Å². The molecule has 0 saturated carbocycles.